The predicted molar refractivity (Wildman–Crippen MR) is 31.5 cm³/mol. The van der Waals surface area contributed by atoms with Gasteiger partial charge in [-0.15, -0.1) is 0 Å². The third-order valence-electron chi connectivity index (χ3n) is 0.664. The Morgan fingerprint density at radius 2 is 2.12 bits per heavy atom. The maximum absolute atomic E-state index is 10.1. The summed E-state index contributed by atoms with van der Waals surface area (Å²) >= 11 is 0. The van der Waals surface area contributed by atoms with Crippen molar-refractivity contribution in [3.05, 3.63) is 0 Å². The summed E-state index contributed by atoms with van der Waals surface area (Å²) in [5, 5.41) is 0. The molecule has 8 heavy (non-hydrogen) atoms. The van der Waals surface area contributed by atoms with Gasteiger partial charge in [-0.3, -0.25) is 0 Å². The van der Waals surface area contributed by atoms with Gasteiger partial charge in [-0.2, -0.15) is 0 Å². The fraction of sp³-hybridized carbons (Fsp3) is 0.750. The van der Waals surface area contributed by atoms with Crippen molar-refractivity contribution in [1.29, 1.82) is 0 Å². The molecule has 0 aromatic carbocycles. The molecule has 0 aromatic rings. The third kappa shape index (κ3) is 6.02. The largest absolute Gasteiger partial charge is 0.350 e. The molecular weight excluding hydrogens is 127 g/mol. The van der Waals surface area contributed by atoms with E-state index >= 15 is 0 Å². The van der Waals surface area contributed by atoms with Gasteiger partial charge < -0.3 is 14.6 Å². The Balaban J connectivity index is 3.05. The number of ketones is 1. The zero-order valence-electron chi connectivity index (χ0n) is 4.66. The average Bonchev–Trinajstić information content (AvgIpc) is 1.61. The molecule has 0 aliphatic heterocycles. The molecule has 0 atom stereocenters. The molecule has 0 heterocycles. The smallest absolute Gasteiger partial charge is 0.165 e. The molecule has 0 saturated heterocycles. The van der Waals surface area contributed by atoms with Crippen LogP contribution in [0.15, 0.2) is 0 Å². The normalized spacial score (nSPS) is 10.0. The first-order valence-electron chi connectivity index (χ1n) is 2.27. The van der Waals surface area contributed by atoms with Gasteiger partial charge in [-0.1, -0.05) is 0 Å². The summed E-state index contributed by atoms with van der Waals surface area (Å²) in [6, 6.07) is 0. The van der Waals surface area contributed by atoms with Crippen LogP contribution in [0.5, 0.6) is 0 Å². The molecule has 0 rings (SSSR count). The topological polar surface area (TPSA) is 57.5 Å². The van der Waals surface area contributed by atoms with Gasteiger partial charge >= 0.3 is 0 Å². The standard InChI is InChI=1S/C4H9O3P/c1-4(5)2-3-8(6)7/h6-7H,2-3H2,1H3. The molecular formula is C4H9O3P. The first-order chi connectivity index (χ1) is 3.63. The fourth-order valence-corrected chi connectivity index (χ4v) is 0.772. The van der Waals surface area contributed by atoms with Crippen LogP contribution in [0.3, 0.4) is 0 Å². The number of rotatable bonds is 3. The summed E-state index contributed by atoms with van der Waals surface area (Å²) in [6.45, 7) is 1.43. The third-order valence-corrected chi connectivity index (χ3v) is 1.29. The molecule has 3 nitrogen and oxygen atoms in total. The van der Waals surface area contributed by atoms with E-state index in [2.05, 4.69) is 0 Å². The molecule has 4 heteroatoms. The van der Waals surface area contributed by atoms with Crippen molar-refractivity contribution >= 4 is 14.2 Å². The molecule has 0 aliphatic rings. The van der Waals surface area contributed by atoms with Gasteiger partial charge in [0.1, 0.15) is 5.78 Å². The monoisotopic (exact) mass is 136 g/mol. The number of hydrogen-bond acceptors (Lipinski definition) is 3. The minimum atomic E-state index is -1.85. The van der Waals surface area contributed by atoms with Crippen molar-refractivity contribution in [2.75, 3.05) is 6.16 Å². The summed E-state index contributed by atoms with van der Waals surface area (Å²) < 4.78 is 0. The van der Waals surface area contributed by atoms with E-state index in [0.717, 1.165) is 0 Å². The first-order valence-corrected chi connectivity index (χ1v) is 3.71. The van der Waals surface area contributed by atoms with Crippen molar-refractivity contribution in [3.63, 3.8) is 0 Å². The molecule has 0 unspecified atom stereocenters. The summed E-state index contributed by atoms with van der Waals surface area (Å²) in [7, 11) is -1.85. The minimum Gasteiger partial charge on any atom is -0.350 e. The first kappa shape index (κ1) is 8.02. The van der Waals surface area contributed by atoms with Crippen LogP contribution >= 0.6 is 8.38 Å². The van der Waals surface area contributed by atoms with Crippen molar-refractivity contribution in [3.8, 4) is 0 Å². The van der Waals surface area contributed by atoms with Crippen molar-refractivity contribution in [2.24, 2.45) is 0 Å². The van der Waals surface area contributed by atoms with Crippen molar-refractivity contribution in [1.82, 2.24) is 0 Å². The summed E-state index contributed by atoms with van der Waals surface area (Å²) in [5.74, 6) is 0.000556. The van der Waals surface area contributed by atoms with Crippen LogP contribution in [0.2, 0.25) is 0 Å². The highest BCUT2D eigenvalue weighted by Gasteiger charge is 1.99. The number of carbonyl (C=O) groups is 1. The molecule has 0 aliphatic carbocycles. The Bertz CT molecular complexity index is 81.4. The average molecular weight is 136 g/mol. The van der Waals surface area contributed by atoms with Crippen molar-refractivity contribution in [2.45, 2.75) is 13.3 Å². The second-order valence-corrected chi connectivity index (χ2v) is 2.74. The number of carbonyl (C=O) groups excluding carboxylic acids is 1. The lowest BCUT2D eigenvalue weighted by Crippen LogP contribution is -1.92. The molecule has 2 N–H and O–H groups in total. The van der Waals surface area contributed by atoms with E-state index in [1.807, 2.05) is 0 Å². The van der Waals surface area contributed by atoms with Crippen LogP contribution in [0, 0.1) is 0 Å². The van der Waals surface area contributed by atoms with E-state index in [1.54, 1.807) is 0 Å². The van der Waals surface area contributed by atoms with Gasteiger partial charge in [0.15, 0.2) is 8.38 Å². The fourth-order valence-electron chi connectivity index (χ4n) is 0.257. The summed E-state index contributed by atoms with van der Waals surface area (Å²) in [5.41, 5.74) is 0. The maximum Gasteiger partial charge on any atom is 0.165 e. The van der Waals surface area contributed by atoms with Crippen molar-refractivity contribution < 1.29 is 14.6 Å². The SMILES string of the molecule is CC(=O)CCP(O)O. The van der Waals surface area contributed by atoms with E-state index in [1.165, 1.54) is 6.92 Å². The number of hydrogen-bond donors (Lipinski definition) is 2. The highest BCUT2D eigenvalue weighted by atomic mass is 31.2. The number of Topliss-reactive ketones (excluding diaryl/α,β-unsaturated/α-hetero) is 1. The van der Waals surface area contributed by atoms with Gasteiger partial charge in [-0.25, -0.2) is 0 Å². The maximum atomic E-state index is 10.1. The van der Waals surface area contributed by atoms with Crippen LogP contribution in [0.1, 0.15) is 13.3 Å². The lowest BCUT2D eigenvalue weighted by molar-refractivity contribution is -0.116. The minimum absolute atomic E-state index is 0.000556. The molecule has 0 fully saturated rings. The van der Waals surface area contributed by atoms with Gasteiger partial charge in [0.2, 0.25) is 0 Å². The quantitative estimate of drug-likeness (QED) is 0.547. The second kappa shape index (κ2) is 3.96. The highest BCUT2D eigenvalue weighted by molar-refractivity contribution is 7.45. The van der Waals surface area contributed by atoms with Gasteiger partial charge in [0, 0.05) is 12.6 Å². The highest BCUT2D eigenvalue weighted by Crippen LogP contribution is 2.22. The Hall–Kier alpha value is 0.0200. The Morgan fingerprint density at radius 3 is 2.25 bits per heavy atom. The summed E-state index contributed by atoms with van der Waals surface area (Å²) in [6.07, 6.45) is 0.489. The van der Waals surface area contributed by atoms with Gasteiger partial charge in [0.05, 0.1) is 0 Å². The molecule has 0 aromatic heterocycles. The molecule has 48 valence electrons. The predicted octanol–water partition coefficient (Wildman–Crippen LogP) is 0.262. The second-order valence-electron chi connectivity index (χ2n) is 1.55. The van der Waals surface area contributed by atoms with Crippen LogP contribution in [-0.2, 0) is 4.79 Å². The zero-order valence-corrected chi connectivity index (χ0v) is 5.56. The van der Waals surface area contributed by atoms with E-state index in [-0.39, 0.29) is 18.4 Å². The van der Waals surface area contributed by atoms with Gasteiger partial charge in [0.25, 0.3) is 0 Å². The van der Waals surface area contributed by atoms with E-state index in [0.29, 0.717) is 0 Å². The molecule has 0 saturated carbocycles. The molecule has 0 radical (unpaired) electrons. The molecule has 0 spiro atoms. The van der Waals surface area contributed by atoms with E-state index in [9.17, 15) is 4.79 Å². The van der Waals surface area contributed by atoms with Crippen LogP contribution in [0.25, 0.3) is 0 Å². The molecule has 0 amide bonds. The van der Waals surface area contributed by atoms with Gasteiger partial charge in [-0.05, 0) is 6.92 Å². The summed E-state index contributed by atoms with van der Waals surface area (Å²) in [4.78, 5) is 26.7. The Morgan fingerprint density at radius 1 is 1.62 bits per heavy atom. The Kier molecular flexibility index (Phi) is 3.97. The molecule has 0 bridgehead atoms. The van der Waals surface area contributed by atoms with Crippen LogP contribution in [0.4, 0.5) is 0 Å². The lowest BCUT2D eigenvalue weighted by Gasteiger charge is -1.96. The van der Waals surface area contributed by atoms with E-state index in [4.69, 9.17) is 9.79 Å². The zero-order chi connectivity index (χ0) is 6.57. The van der Waals surface area contributed by atoms with Crippen LogP contribution in [-0.4, -0.2) is 21.7 Å². The van der Waals surface area contributed by atoms with E-state index < -0.39 is 8.38 Å². The lowest BCUT2D eigenvalue weighted by atomic mass is 10.4. The van der Waals surface area contributed by atoms with Crippen LogP contribution < -0.4 is 0 Å². The Labute approximate surface area is 49.3 Å².